The van der Waals surface area contributed by atoms with Crippen molar-refractivity contribution in [3.63, 3.8) is 0 Å². The van der Waals surface area contributed by atoms with E-state index >= 15 is 0 Å². The minimum atomic E-state index is -0.0718. The van der Waals surface area contributed by atoms with Gasteiger partial charge < -0.3 is 4.98 Å². The third-order valence-electron chi connectivity index (χ3n) is 3.26. The molecule has 5 heteroatoms. The molecule has 0 aliphatic heterocycles. The Labute approximate surface area is 125 Å². The molecule has 0 aliphatic rings. The summed E-state index contributed by atoms with van der Waals surface area (Å²) in [6.45, 7) is 6.28. The zero-order chi connectivity index (χ0) is 14.3. The van der Waals surface area contributed by atoms with Crippen LogP contribution in [0, 0.1) is 12.3 Å². The summed E-state index contributed by atoms with van der Waals surface area (Å²) in [6, 6.07) is 1.52. The van der Waals surface area contributed by atoms with Crippen molar-refractivity contribution in [3.05, 3.63) is 22.1 Å². The number of aromatic nitrogens is 2. The van der Waals surface area contributed by atoms with Gasteiger partial charge in [0.05, 0.1) is 0 Å². The highest BCUT2D eigenvalue weighted by Crippen LogP contribution is 2.36. The lowest BCUT2D eigenvalue weighted by atomic mass is 9.83. The predicted molar refractivity (Wildman–Crippen MR) is 86.4 cm³/mol. The highest BCUT2D eigenvalue weighted by Gasteiger charge is 2.27. The molecule has 108 valence electrons. The van der Waals surface area contributed by atoms with E-state index in [4.69, 9.17) is 0 Å². The second-order valence-corrected chi connectivity index (χ2v) is 6.42. The normalized spacial score (nSPS) is 11.8. The van der Waals surface area contributed by atoms with Gasteiger partial charge >= 0.3 is 0 Å². The first-order valence-electron chi connectivity index (χ1n) is 6.87. The number of hydrogen-bond acceptors (Lipinski definition) is 4. The number of rotatable bonds is 8. The lowest BCUT2D eigenvalue weighted by Crippen LogP contribution is -2.26. The summed E-state index contributed by atoms with van der Waals surface area (Å²) in [6.07, 6.45) is 4.68. The molecular weight excluding hydrogens is 276 g/mol. The number of thiol groups is 1. The van der Waals surface area contributed by atoms with Crippen LogP contribution in [0.15, 0.2) is 16.0 Å². The van der Waals surface area contributed by atoms with Crippen LogP contribution in [-0.2, 0) is 0 Å². The molecule has 1 aromatic rings. The molecule has 0 aliphatic carbocycles. The van der Waals surface area contributed by atoms with E-state index in [0.717, 1.165) is 22.4 Å². The lowest BCUT2D eigenvalue weighted by molar-refractivity contribution is 0.318. The summed E-state index contributed by atoms with van der Waals surface area (Å²) in [5.74, 6) is 1.85. The van der Waals surface area contributed by atoms with E-state index in [0.29, 0.717) is 0 Å². The highest BCUT2D eigenvalue weighted by molar-refractivity contribution is 7.99. The first-order valence-corrected chi connectivity index (χ1v) is 8.48. The minimum Gasteiger partial charge on any atom is -0.301 e. The van der Waals surface area contributed by atoms with Gasteiger partial charge in [-0.15, -0.1) is 0 Å². The summed E-state index contributed by atoms with van der Waals surface area (Å²) in [5.41, 5.74) is 0.950. The Morgan fingerprint density at radius 1 is 1.37 bits per heavy atom. The monoisotopic (exact) mass is 300 g/mol. The molecule has 1 N–H and O–H groups in total. The fourth-order valence-corrected chi connectivity index (χ4v) is 4.17. The predicted octanol–water partition coefficient (Wildman–Crippen LogP) is 3.69. The molecule has 0 saturated heterocycles. The summed E-state index contributed by atoms with van der Waals surface area (Å²) in [4.78, 5) is 18.6. The quantitative estimate of drug-likeness (QED) is 0.437. The van der Waals surface area contributed by atoms with Crippen molar-refractivity contribution in [2.75, 3.05) is 11.5 Å². The van der Waals surface area contributed by atoms with Crippen molar-refractivity contribution in [1.82, 2.24) is 9.97 Å². The molecular formula is C14H24N2OS2. The van der Waals surface area contributed by atoms with Crippen LogP contribution in [0.3, 0.4) is 0 Å². The zero-order valence-electron chi connectivity index (χ0n) is 12.0. The zero-order valence-corrected chi connectivity index (χ0v) is 13.7. The second kappa shape index (κ2) is 8.00. The third kappa shape index (κ3) is 5.22. The molecule has 0 atom stereocenters. The maximum atomic E-state index is 11.4. The first kappa shape index (κ1) is 16.6. The number of aryl methyl sites for hydroxylation is 1. The van der Waals surface area contributed by atoms with Crippen LogP contribution in [0.25, 0.3) is 0 Å². The second-order valence-electron chi connectivity index (χ2n) is 5.14. The number of aromatic amines is 1. The van der Waals surface area contributed by atoms with Gasteiger partial charge in [0.2, 0.25) is 0 Å². The number of H-pyrrole nitrogens is 1. The highest BCUT2D eigenvalue weighted by atomic mass is 32.2. The molecule has 0 unspecified atom stereocenters. The molecule has 0 amide bonds. The van der Waals surface area contributed by atoms with E-state index in [1.165, 1.54) is 31.7 Å². The number of nitrogens with one attached hydrogen (secondary N) is 1. The number of hydrogen-bond donors (Lipinski definition) is 2. The van der Waals surface area contributed by atoms with Crippen LogP contribution in [0.4, 0.5) is 0 Å². The number of nitrogens with zero attached hydrogens (tertiary/aromatic N) is 1. The van der Waals surface area contributed by atoms with Crippen molar-refractivity contribution in [1.29, 1.82) is 0 Å². The Morgan fingerprint density at radius 3 is 2.47 bits per heavy atom. The van der Waals surface area contributed by atoms with Gasteiger partial charge in [0.1, 0.15) is 0 Å². The summed E-state index contributed by atoms with van der Waals surface area (Å²) in [7, 11) is 0. The van der Waals surface area contributed by atoms with Crippen LogP contribution in [0.1, 0.15) is 45.2 Å². The van der Waals surface area contributed by atoms with E-state index in [1.807, 2.05) is 6.92 Å². The average Bonchev–Trinajstić information content (AvgIpc) is 2.35. The van der Waals surface area contributed by atoms with Gasteiger partial charge in [0, 0.05) is 17.5 Å². The van der Waals surface area contributed by atoms with Gasteiger partial charge in [-0.3, -0.25) is 4.79 Å². The van der Waals surface area contributed by atoms with Crippen molar-refractivity contribution < 1.29 is 0 Å². The molecule has 0 aromatic carbocycles. The van der Waals surface area contributed by atoms with Gasteiger partial charge in [0.25, 0.3) is 5.56 Å². The fraction of sp³-hybridized carbons (Fsp3) is 0.714. The Hall–Kier alpha value is -0.420. The molecule has 0 saturated carbocycles. The van der Waals surface area contributed by atoms with E-state index < -0.39 is 0 Å². The maximum absolute atomic E-state index is 11.4. The third-order valence-corrected chi connectivity index (χ3v) is 5.15. The maximum Gasteiger partial charge on any atom is 0.251 e. The smallest absolute Gasteiger partial charge is 0.251 e. The molecule has 0 fully saturated rings. The lowest BCUT2D eigenvalue weighted by Gasteiger charge is -2.31. The van der Waals surface area contributed by atoms with Gasteiger partial charge in [-0.1, -0.05) is 38.5 Å². The average molecular weight is 300 g/mol. The molecule has 0 radical (unpaired) electrons. The van der Waals surface area contributed by atoms with Gasteiger partial charge in [-0.05, 0) is 30.9 Å². The largest absolute Gasteiger partial charge is 0.301 e. The molecule has 1 aromatic heterocycles. The summed E-state index contributed by atoms with van der Waals surface area (Å²) in [5, 5.41) is 0.725. The van der Waals surface area contributed by atoms with Crippen molar-refractivity contribution >= 4 is 24.4 Å². The van der Waals surface area contributed by atoms with E-state index in [1.54, 1.807) is 11.8 Å². The first-order chi connectivity index (χ1) is 9.05. The standard InChI is InChI=1S/C14H24N2OS2/c1-4-6-14(9-18,7-5-2)10-19-13-15-11(3)8-12(17)16-13/h8,18H,4-7,9-10H2,1-3H3,(H,15,16,17). The molecule has 1 rings (SSSR count). The minimum absolute atomic E-state index is 0.0718. The van der Waals surface area contributed by atoms with Gasteiger partial charge in [-0.25, -0.2) is 4.98 Å². The van der Waals surface area contributed by atoms with Crippen LogP contribution in [-0.4, -0.2) is 21.5 Å². The van der Waals surface area contributed by atoms with Gasteiger partial charge in [-0.2, -0.15) is 12.6 Å². The van der Waals surface area contributed by atoms with Crippen LogP contribution in [0.2, 0.25) is 0 Å². The summed E-state index contributed by atoms with van der Waals surface area (Å²) >= 11 is 6.20. The Bertz CT molecular complexity index is 439. The van der Waals surface area contributed by atoms with Crippen molar-refractivity contribution in [2.45, 2.75) is 51.6 Å². The van der Waals surface area contributed by atoms with Crippen LogP contribution in [0.5, 0.6) is 0 Å². The van der Waals surface area contributed by atoms with Gasteiger partial charge in [0.15, 0.2) is 5.16 Å². The van der Waals surface area contributed by atoms with E-state index in [2.05, 4.69) is 36.4 Å². The molecule has 3 nitrogen and oxygen atoms in total. The van der Waals surface area contributed by atoms with E-state index in [-0.39, 0.29) is 11.0 Å². The topological polar surface area (TPSA) is 45.8 Å². The van der Waals surface area contributed by atoms with Crippen molar-refractivity contribution in [2.24, 2.45) is 5.41 Å². The van der Waals surface area contributed by atoms with E-state index in [9.17, 15) is 4.79 Å². The molecule has 19 heavy (non-hydrogen) atoms. The Morgan fingerprint density at radius 2 is 2.00 bits per heavy atom. The SMILES string of the molecule is CCCC(CS)(CCC)CSc1nc(C)cc(=O)[nH]1. The Kier molecular flexibility index (Phi) is 7.00. The Balaban J connectivity index is 2.77. The molecule has 0 bridgehead atoms. The fourth-order valence-electron chi connectivity index (χ4n) is 2.38. The molecule has 1 heterocycles. The number of thioether (sulfide) groups is 1. The molecule has 0 spiro atoms. The van der Waals surface area contributed by atoms with Crippen LogP contribution < -0.4 is 5.56 Å². The van der Waals surface area contributed by atoms with Crippen LogP contribution >= 0.6 is 24.4 Å². The van der Waals surface area contributed by atoms with Crippen molar-refractivity contribution in [3.8, 4) is 0 Å². The summed E-state index contributed by atoms with van der Waals surface area (Å²) < 4.78 is 0.